The SMILES string of the molecule is COc1cc(CNCC(O)CN)c(OC)c(C)c1C. The van der Waals surface area contributed by atoms with Crippen LogP contribution in [0.25, 0.3) is 0 Å². The molecule has 0 saturated heterocycles. The number of ether oxygens (including phenoxy) is 2. The number of hydrogen-bond acceptors (Lipinski definition) is 5. The maximum atomic E-state index is 9.42. The number of rotatable bonds is 7. The second-order valence-corrected chi connectivity index (χ2v) is 4.54. The van der Waals surface area contributed by atoms with E-state index in [-0.39, 0.29) is 6.54 Å². The second-order valence-electron chi connectivity index (χ2n) is 4.54. The number of nitrogens with one attached hydrogen (secondary N) is 1. The zero-order valence-corrected chi connectivity index (χ0v) is 12.1. The van der Waals surface area contributed by atoms with Gasteiger partial charge in [0.15, 0.2) is 0 Å². The minimum absolute atomic E-state index is 0.250. The Hall–Kier alpha value is -1.30. The fourth-order valence-electron chi connectivity index (χ4n) is 2.01. The van der Waals surface area contributed by atoms with Crippen LogP contribution in [0.5, 0.6) is 11.5 Å². The van der Waals surface area contributed by atoms with Crippen LogP contribution >= 0.6 is 0 Å². The molecule has 0 radical (unpaired) electrons. The summed E-state index contributed by atoms with van der Waals surface area (Å²) < 4.78 is 10.8. The van der Waals surface area contributed by atoms with Crippen molar-refractivity contribution in [3.63, 3.8) is 0 Å². The molecule has 108 valence electrons. The van der Waals surface area contributed by atoms with Crippen molar-refractivity contribution < 1.29 is 14.6 Å². The zero-order valence-electron chi connectivity index (χ0n) is 12.1. The molecule has 5 nitrogen and oxygen atoms in total. The van der Waals surface area contributed by atoms with Crippen LogP contribution in [0.15, 0.2) is 6.07 Å². The summed E-state index contributed by atoms with van der Waals surface area (Å²) in [6, 6.07) is 1.96. The first-order valence-electron chi connectivity index (χ1n) is 6.35. The third-order valence-electron chi connectivity index (χ3n) is 3.26. The molecule has 0 aromatic heterocycles. The summed E-state index contributed by atoms with van der Waals surface area (Å²) in [6.07, 6.45) is -0.528. The summed E-state index contributed by atoms with van der Waals surface area (Å²) in [7, 11) is 3.32. The highest BCUT2D eigenvalue weighted by Crippen LogP contribution is 2.33. The molecule has 0 saturated carbocycles. The molecule has 1 unspecified atom stereocenters. The molecule has 19 heavy (non-hydrogen) atoms. The molecule has 0 bridgehead atoms. The van der Waals surface area contributed by atoms with E-state index in [4.69, 9.17) is 15.2 Å². The molecule has 4 N–H and O–H groups in total. The first-order valence-corrected chi connectivity index (χ1v) is 6.35. The fourth-order valence-corrected chi connectivity index (χ4v) is 2.01. The van der Waals surface area contributed by atoms with Crippen molar-refractivity contribution in [2.45, 2.75) is 26.5 Å². The number of hydrogen-bond donors (Lipinski definition) is 3. The van der Waals surface area contributed by atoms with Crippen molar-refractivity contribution in [3.8, 4) is 11.5 Å². The lowest BCUT2D eigenvalue weighted by Gasteiger charge is -2.17. The highest BCUT2D eigenvalue weighted by atomic mass is 16.5. The van der Waals surface area contributed by atoms with Gasteiger partial charge in [-0.1, -0.05) is 0 Å². The standard InChI is InChI=1S/C14H24N2O3/c1-9-10(2)14(19-4)11(5-13(9)18-3)7-16-8-12(17)6-15/h5,12,16-17H,6-8,15H2,1-4H3. The van der Waals surface area contributed by atoms with Gasteiger partial charge >= 0.3 is 0 Å². The van der Waals surface area contributed by atoms with E-state index in [0.717, 1.165) is 28.2 Å². The molecule has 1 aromatic carbocycles. The minimum Gasteiger partial charge on any atom is -0.496 e. The van der Waals surface area contributed by atoms with E-state index in [0.29, 0.717) is 13.1 Å². The normalized spacial score (nSPS) is 12.3. The second kappa shape index (κ2) is 7.33. The van der Waals surface area contributed by atoms with Gasteiger partial charge in [-0.15, -0.1) is 0 Å². The topological polar surface area (TPSA) is 76.7 Å². The lowest BCUT2D eigenvalue weighted by Crippen LogP contribution is -2.32. The lowest BCUT2D eigenvalue weighted by molar-refractivity contribution is 0.179. The molecule has 0 aliphatic carbocycles. The molecule has 5 heteroatoms. The number of benzene rings is 1. The van der Waals surface area contributed by atoms with Crippen LogP contribution in [-0.2, 0) is 6.54 Å². The van der Waals surface area contributed by atoms with Gasteiger partial charge in [0.1, 0.15) is 11.5 Å². The number of nitrogens with two attached hydrogens (primary N) is 1. The minimum atomic E-state index is -0.528. The number of aliphatic hydroxyl groups excluding tert-OH is 1. The predicted molar refractivity (Wildman–Crippen MR) is 75.8 cm³/mol. The maximum absolute atomic E-state index is 9.42. The van der Waals surface area contributed by atoms with Gasteiger partial charge in [-0.2, -0.15) is 0 Å². The summed E-state index contributed by atoms with van der Waals surface area (Å²) in [5.74, 6) is 1.70. The third-order valence-corrected chi connectivity index (χ3v) is 3.26. The highest BCUT2D eigenvalue weighted by Gasteiger charge is 2.13. The van der Waals surface area contributed by atoms with Crippen LogP contribution in [0, 0.1) is 13.8 Å². The first-order chi connectivity index (χ1) is 9.04. The van der Waals surface area contributed by atoms with Crippen molar-refractivity contribution in [2.75, 3.05) is 27.3 Å². The van der Waals surface area contributed by atoms with Crippen LogP contribution in [0.2, 0.25) is 0 Å². The van der Waals surface area contributed by atoms with E-state index in [2.05, 4.69) is 5.32 Å². The van der Waals surface area contributed by atoms with E-state index in [1.165, 1.54) is 0 Å². The van der Waals surface area contributed by atoms with E-state index < -0.39 is 6.10 Å². The third kappa shape index (κ3) is 3.83. The van der Waals surface area contributed by atoms with Crippen LogP contribution in [0.1, 0.15) is 16.7 Å². The molecule has 0 spiro atoms. The summed E-state index contributed by atoms with van der Waals surface area (Å²) in [4.78, 5) is 0. The van der Waals surface area contributed by atoms with E-state index >= 15 is 0 Å². The van der Waals surface area contributed by atoms with Gasteiger partial charge in [0.05, 0.1) is 20.3 Å². The predicted octanol–water partition coefficient (Wildman–Crippen LogP) is 0.730. The summed E-state index contributed by atoms with van der Waals surface area (Å²) in [5, 5.41) is 12.6. The highest BCUT2D eigenvalue weighted by molar-refractivity contribution is 5.52. The van der Waals surface area contributed by atoms with Gasteiger partial charge in [0.25, 0.3) is 0 Å². The fraction of sp³-hybridized carbons (Fsp3) is 0.571. The Bertz CT molecular complexity index is 422. The summed E-state index contributed by atoms with van der Waals surface area (Å²) in [6.45, 7) is 5.31. The summed E-state index contributed by atoms with van der Waals surface area (Å²) >= 11 is 0. The molecule has 1 atom stereocenters. The molecular formula is C14H24N2O3. The monoisotopic (exact) mass is 268 g/mol. The van der Waals surface area contributed by atoms with Gasteiger partial charge < -0.3 is 25.6 Å². The Morgan fingerprint density at radius 1 is 1.26 bits per heavy atom. The van der Waals surface area contributed by atoms with Crippen LogP contribution in [0.3, 0.4) is 0 Å². The zero-order chi connectivity index (χ0) is 14.4. The lowest BCUT2D eigenvalue weighted by atomic mass is 10.0. The van der Waals surface area contributed by atoms with Crippen molar-refractivity contribution >= 4 is 0 Å². The summed E-state index contributed by atoms with van der Waals surface area (Å²) in [5.41, 5.74) is 8.51. The largest absolute Gasteiger partial charge is 0.496 e. The Balaban J connectivity index is 2.89. The maximum Gasteiger partial charge on any atom is 0.126 e. The Morgan fingerprint density at radius 2 is 1.95 bits per heavy atom. The van der Waals surface area contributed by atoms with E-state index in [9.17, 15) is 5.11 Å². The average Bonchev–Trinajstić information content (AvgIpc) is 2.42. The Morgan fingerprint density at radius 3 is 2.47 bits per heavy atom. The average molecular weight is 268 g/mol. The van der Waals surface area contributed by atoms with E-state index in [1.807, 2.05) is 19.9 Å². The number of methoxy groups -OCH3 is 2. The quantitative estimate of drug-likeness (QED) is 0.679. The van der Waals surface area contributed by atoms with Gasteiger partial charge in [-0.3, -0.25) is 0 Å². The van der Waals surface area contributed by atoms with Crippen LogP contribution in [0.4, 0.5) is 0 Å². The molecule has 0 aliphatic heterocycles. The van der Waals surface area contributed by atoms with Crippen LogP contribution < -0.4 is 20.5 Å². The molecular weight excluding hydrogens is 244 g/mol. The van der Waals surface area contributed by atoms with Crippen molar-refractivity contribution in [2.24, 2.45) is 5.73 Å². The molecule has 0 aliphatic rings. The first kappa shape index (κ1) is 15.8. The van der Waals surface area contributed by atoms with Crippen molar-refractivity contribution in [3.05, 3.63) is 22.8 Å². The molecule has 0 fully saturated rings. The van der Waals surface area contributed by atoms with Gasteiger partial charge in [-0.25, -0.2) is 0 Å². The number of aliphatic hydroxyl groups is 1. The Kier molecular flexibility index (Phi) is 6.08. The van der Waals surface area contributed by atoms with Crippen molar-refractivity contribution in [1.29, 1.82) is 0 Å². The Labute approximate surface area is 114 Å². The van der Waals surface area contributed by atoms with Gasteiger partial charge in [0, 0.05) is 25.2 Å². The van der Waals surface area contributed by atoms with Crippen LogP contribution in [-0.4, -0.2) is 38.5 Å². The van der Waals surface area contributed by atoms with Gasteiger partial charge in [0.2, 0.25) is 0 Å². The molecule has 0 amide bonds. The van der Waals surface area contributed by atoms with Crippen molar-refractivity contribution in [1.82, 2.24) is 5.32 Å². The smallest absolute Gasteiger partial charge is 0.126 e. The van der Waals surface area contributed by atoms with Gasteiger partial charge in [-0.05, 0) is 31.0 Å². The molecule has 0 heterocycles. The molecule has 1 aromatic rings. The molecule has 1 rings (SSSR count). The van der Waals surface area contributed by atoms with E-state index in [1.54, 1.807) is 14.2 Å².